The molecule has 1 atom stereocenters. The first-order valence-electron chi connectivity index (χ1n) is 9.37. The van der Waals surface area contributed by atoms with Gasteiger partial charge >= 0.3 is 0 Å². The second kappa shape index (κ2) is 10.2. The van der Waals surface area contributed by atoms with E-state index in [1.165, 1.54) is 30.0 Å². The summed E-state index contributed by atoms with van der Waals surface area (Å²) in [6.45, 7) is 5.79. The molecular weight excluding hydrogens is 420 g/mol. The van der Waals surface area contributed by atoms with Gasteiger partial charge in [0.05, 0.1) is 17.5 Å². The number of carbonyl (C=O) groups is 2. The fourth-order valence-corrected chi connectivity index (χ4v) is 4.45. The zero-order valence-electron chi connectivity index (χ0n) is 16.8. The predicted octanol–water partition coefficient (Wildman–Crippen LogP) is 5.00. The third-order valence-corrected chi connectivity index (χ3v) is 6.04. The number of Topliss-reactive ketones (excluding diaryl/α,β-unsaturated/α-hetero) is 1. The molecule has 0 fully saturated rings. The zero-order chi connectivity index (χ0) is 21.5. The molecule has 0 aliphatic rings. The van der Waals surface area contributed by atoms with E-state index in [1.54, 1.807) is 31.2 Å². The van der Waals surface area contributed by atoms with E-state index in [1.807, 2.05) is 31.2 Å². The van der Waals surface area contributed by atoms with E-state index >= 15 is 0 Å². The first kappa shape index (κ1) is 21.8. The number of hydrogen-bond donors (Lipinski definition) is 2. The molecule has 2 aromatic carbocycles. The number of amides is 1. The Morgan fingerprint density at radius 3 is 2.73 bits per heavy atom. The van der Waals surface area contributed by atoms with Crippen molar-refractivity contribution in [2.24, 2.45) is 0 Å². The summed E-state index contributed by atoms with van der Waals surface area (Å²) in [4.78, 5) is 24.0. The molecule has 2 N–H and O–H groups in total. The van der Waals surface area contributed by atoms with Gasteiger partial charge in [-0.3, -0.25) is 9.59 Å². The van der Waals surface area contributed by atoms with Crippen LogP contribution >= 0.6 is 23.1 Å². The van der Waals surface area contributed by atoms with Gasteiger partial charge in [-0.15, -0.1) is 10.2 Å². The van der Waals surface area contributed by atoms with Crippen LogP contribution in [0, 0.1) is 0 Å². The molecule has 0 unspecified atom stereocenters. The topological polar surface area (TPSA) is 93.2 Å². The lowest BCUT2D eigenvalue weighted by Crippen LogP contribution is -2.22. The third-order valence-electron chi connectivity index (χ3n) is 4.02. The standard InChI is InChI=1S/C21H22N4O3S2/c1-4-28-18-11-6-5-10-17(18)23-20-24-25-21(30-20)29-14(3)19(27)22-16-9-7-8-15(12-16)13(2)26/h5-12,14H,4H2,1-3H3,(H,22,27)(H,23,24)/t14-/m0/s1. The Hall–Kier alpha value is -2.91. The summed E-state index contributed by atoms with van der Waals surface area (Å²) < 4.78 is 6.28. The summed E-state index contributed by atoms with van der Waals surface area (Å²) in [6.07, 6.45) is 0. The monoisotopic (exact) mass is 442 g/mol. The Labute approximate surface area is 183 Å². The molecule has 7 nitrogen and oxygen atoms in total. The van der Waals surface area contributed by atoms with Gasteiger partial charge in [-0.05, 0) is 45.0 Å². The molecule has 0 spiro atoms. The Bertz CT molecular complexity index is 1040. The molecule has 156 valence electrons. The second-order valence-corrected chi connectivity index (χ2v) is 8.88. The van der Waals surface area contributed by atoms with Gasteiger partial charge in [0.15, 0.2) is 10.1 Å². The first-order chi connectivity index (χ1) is 14.5. The van der Waals surface area contributed by atoms with Crippen molar-refractivity contribution >= 4 is 51.3 Å². The van der Waals surface area contributed by atoms with E-state index in [-0.39, 0.29) is 16.9 Å². The Kier molecular flexibility index (Phi) is 7.42. The summed E-state index contributed by atoms with van der Waals surface area (Å²) in [5.41, 5.74) is 1.95. The largest absolute Gasteiger partial charge is 0.492 e. The van der Waals surface area contributed by atoms with Gasteiger partial charge in [0.1, 0.15) is 5.75 Å². The molecule has 1 aromatic heterocycles. The van der Waals surface area contributed by atoms with Crippen molar-refractivity contribution < 1.29 is 14.3 Å². The van der Waals surface area contributed by atoms with E-state index in [4.69, 9.17) is 4.74 Å². The molecule has 1 amide bonds. The summed E-state index contributed by atoms with van der Waals surface area (Å²) in [7, 11) is 0. The number of anilines is 3. The molecule has 3 aromatic rings. The van der Waals surface area contributed by atoms with Gasteiger partial charge < -0.3 is 15.4 Å². The number of ketones is 1. The Balaban J connectivity index is 1.60. The van der Waals surface area contributed by atoms with Crippen molar-refractivity contribution in [1.29, 1.82) is 0 Å². The smallest absolute Gasteiger partial charge is 0.237 e. The zero-order valence-corrected chi connectivity index (χ0v) is 18.5. The number of thioether (sulfide) groups is 1. The molecule has 0 aliphatic carbocycles. The summed E-state index contributed by atoms with van der Waals surface area (Å²) >= 11 is 2.68. The van der Waals surface area contributed by atoms with Crippen LogP contribution < -0.4 is 15.4 Å². The predicted molar refractivity (Wildman–Crippen MR) is 121 cm³/mol. The van der Waals surface area contributed by atoms with Crippen LogP contribution in [-0.4, -0.2) is 33.7 Å². The summed E-state index contributed by atoms with van der Waals surface area (Å²) in [5, 5.41) is 14.6. The van der Waals surface area contributed by atoms with Gasteiger partial charge in [-0.25, -0.2) is 0 Å². The average molecular weight is 443 g/mol. The van der Waals surface area contributed by atoms with E-state index < -0.39 is 0 Å². The molecule has 0 aliphatic heterocycles. The van der Waals surface area contributed by atoms with Gasteiger partial charge in [0, 0.05) is 11.3 Å². The van der Waals surface area contributed by atoms with Crippen LogP contribution in [0.15, 0.2) is 52.9 Å². The number of nitrogens with zero attached hydrogens (tertiary/aromatic N) is 2. The molecule has 9 heteroatoms. The number of carbonyl (C=O) groups excluding carboxylic acids is 2. The van der Waals surface area contributed by atoms with E-state index in [2.05, 4.69) is 20.8 Å². The fraction of sp³-hybridized carbons (Fsp3) is 0.238. The number of hydrogen-bond acceptors (Lipinski definition) is 8. The van der Waals surface area contributed by atoms with Gasteiger partial charge in [0.25, 0.3) is 0 Å². The lowest BCUT2D eigenvalue weighted by molar-refractivity contribution is -0.115. The lowest BCUT2D eigenvalue weighted by Gasteiger charge is -2.11. The lowest BCUT2D eigenvalue weighted by atomic mass is 10.1. The maximum Gasteiger partial charge on any atom is 0.237 e. The maximum absolute atomic E-state index is 12.5. The Morgan fingerprint density at radius 1 is 1.17 bits per heavy atom. The fourth-order valence-electron chi connectivity index (χ4n) is 2.54. The van der Waals surface area contributed by atoms with Crippen molar-refractivity contribution in [2.75, 3.05) is 17.2 Å². The van der Waals surface area contributed by atoms with Crippen LogP contribution in [-0.2, 0) is 4.79 Å². The molecular formula is C21H22N4O3S2. The van der Waals surface area contributed by atoms with Crippen molar-refractivity contribution in [1.82, 2.24) is 10.2 Å². The van der Waals surface area contributed by atoms with Crippen LogP contribution in [0.25, 0.3) is 0 Å². The van der Waals surface area contributed by atoms with Crippen molar-refractivity contribution in [3.8, 4) is 5.75 Å². The normalized spacial score (nSPS) is 11.6. The van der Waals surface area contributed by atoms with Crippen molar-refractivity contribution in [3.05, 3.63) is 54.1 Å². The first-order valence-corrected chi connectivity index (χ1v) is 11.1. The quantitative estimate of drug-likeness (QED) is 0.356. The number of para-hydroxylation sites is 2. The van der Waals surface area contributed by atoms with Crippen molar-refractivity contribution in [2.45, 2.75) is 30.4 Å². The second-order valence-electron chi connectivity index (χ2n) is 6.31. The van der Waals surface area contributed by atoms with Crippen LogP contribution in [0.2, 0.25) is 0 Å². The average Bonchev–Trinajstić information content (AvgIpc) is 3.16. The Morgan fingerprint density at radius 2 is 1.97 bits per heavy atom. The van der Waals surface area contributed by atoms with Crippen LogP contribution in [0.3, 0.4) is 0 Å². The SMILES string of the molecule is CCOc1ccccc1Nc1nnc(S[C@@H](C)C(=O)Nc2cccc(C(C)=O)c2)s1. The number of ether oxygens (including phenoxy) is 1. The number of aromatic nitrogens is 2. The third kappa shape index (κ3) is 5.80. The minimum atomic E-state index is -0.387. The minimum absolute atomic E-state index is 0.0478. The molecule has 1 heterocycles. The number of benzene rings is 2. The molecule has 0 saturated heterocycles. The van der Waals surface area contributed by atoms with Gasteiger partial charge in [0.2, 0.25) is 11.0 Å². The molecule has 0 radical (unpaired) electrons. The molecule has 3 rings (SSSR count). The highest BCUT2D eigenvalue weighted by Gasteiger charge is 2.18. The number of nitrogens with one attached hydrogen (secondary N) is 2. The van der Waals surface area contributed by atoms with Gasteiger partial charge in [-0.2, -0.15) is 0 Å². The number of rotatable bonds is 9. The molecule has 0 bridgehead atoms. The highest BCUT2D eigenvalue weighted by Crippen LogP contribution is 2.33. The summed E-state index contributed by atoms with van der Waals surface area (Å²) in [6, 6.07) is 14.5. The highest BCUT2D eigenvalue weighted by atomic mass is 32.2. The van der Waals surface area contributed by atoms with Crippen LogP contribution in [0.5, 0.6) is 5.75 Å². The summed E-state index contributed by atoms with van der Waals surface area (Å²) in [5.74, 6) is 0.519. The van der Waals surface area contributed by atoms with E-state index in [0.717, 1.165) is 11.4 Å². The molecule has 0 saturated carbocycles. The van der Waals surface area contributed by atoms with Crippen molar-refractivity contribution in [3.63, 3.8) is 0 Å². The van der Waals surface area contributed by atoms with E-state index in [0.29, 0.717) is 27.3 Å². The van der Waals surface area contributed by atoms with Crippen LogP contribution in [0.1, 0.15) is 31.1 Å². The minimum Gasteiger partial charge on any atom is -0.492 e. The van der Waals surface area contributed by atoms with Crippen LogP contribution in [0.4, 0.5) is 16.5 Å². The maximum atomic E-state index is 12.5. The highest BCUT2D eigenvalue weighted by molar-refractivity contribution is 8.02. The van der Waals surface area contributed by atoms with E-state index in [9.17, 15) is 9.59 Å². The van der Waals surface area contributed by atoms with Gasteiger partial charge in [-0.1, -0.05) is 47.4 Å². The molecule has 30 heavy (non-hydrogen) atoms.